The Hall–Kier alpha value is -16.8. The van der Waals surface area contributed by atoms with Crippen LogP contribution in [0.15, 0.2) is 491 Å². The molecule has 0 saturated heterocycles. The first-order valence-electron chi connectivity index (χ1n) is 50.2. The molecular weight excluding hydrogens is 1740 g/mol. The Kier molecular flexibility index (Phi) is 20.4. The van der Waals surface area contributed by atoms with E-state index in [1.807, 2.05) is 11.3 Å². The van der Waals surface area contributed by atoms with E-state index in [0.29, 0.717) is 0 Å². The molecule has 0 fully saturated rings. The van der Waals surface area contributed by atoms with Gasteiger partial charge in [0.25, 0.3) is 0 Å². The van der Waals surface area contributed by atoms with Crippen LogP contribution in [0.3, 0.4) is 0 Å². The van der Waals surface area contributed by atoms with Crippen molar-refractivity contribution < 1.29 is 0 Å². The first-order chi connectivity index (χ1) is 69.9. The molecule has 23 aromatic rings. The van der Waals surface area contributed by atoms with Crippen LogP contribution in [0.2, 0.25) is 0 Å². The maximum atomic E-state index is 2.48. The minimum atomic E-state index is -0.495. The van der Waals surface area contributed by atoms with Crippen molar-refractivity contribution >= 4 is 115 Å². The van der Waals surface area contributed by atoms with Gasteiger partial charge in [-0.25, -0.2) is 0 Å². The third kappa shape index (κ3) is 14.0. The van der Waals surface area contributed by atoms with E-state index in [0.717, 1.165) is 22.7 Å². The van der Waals surface area contributed by atoms with Crippen LogP contribution in [0.4, 0.5) is 51.2 Å². The number of rotatable bonds is 13. The smallest absolute Gasteiger partial charge is 0.0714 e. The fourth-order valence-corrected chi connectivity index (χ4v) is 26.1. The summed E-state index contributed by atoms with van der Waals surface area (Å²) in [6, 6.07) is 182. The summed E-state index contributed by atoms with van der Waals surface area (Å²) in [5.74, 6) is 0. The Morgan fingerprint density at radius 2 is 0.503 bits per heavy atom. The highest BCUT2D eigenvalue weighted by molar-refractivity contribution is 7.26. The molecule has 0 aliphatic heterocycles. The van der Waals surface area contributed by atoms with Crippen LogP contribution in [0, 0.1) is 0 Å². The fraction of sp³-hybridized carbons (Fsp3) is 0.0935. The molecule has 0 atom stereocenters. The third-order valence-corrected chi connectivity index (χ3v) is 33.2. The van der Waals surface area contributed by atoms with Crippen LogP contribution in [0.25, 0.3) is 130 Å². The van der Waals surface area contributed by atoms with Gasteiger partial charge in [-0.2, -0.15) is 0 Å². The Balaban J connectivity index is 0.000000112. The number of para-hydroxylation sites is 1. The second kappa shape index (κ2) is 33.8. The van der Waals surface area contributed by atoms with Crippen molar-refractivity contribution in [1.82, 2.24) is 0 Å². The minimum absolute atomic E-state index is 0.0751. The normalized spacial score (nSPS) is 14.2. The molecule has 0 bridgehead atoms. The van der Waals surface area contributed by atoms with Gasteiger partial charge >= 0.3 is 0 Å². The summed E-state index contributed by atoms with van der Waals surface area (Å²) in [6.45, 7) is 19.0. The van der Waals surface area contributed by atoms with Gasteiger partial charge in [-0.15, -0.1) is 11.3 Å². The number of nitrogens with zero attached hydrogens (tertiary/aromatic N) is 3. The first kappa shape index (κ1) is 86.6. The van der Waals surface area contributed by atoms with Crippen molar-refractivity contribution in [2.45, 2.75) is 82.5 Å². The lowest BCUT2D eigenvalue weighted by atomic mass is 9.67. The Bertz CT molecular complexity index is 8980. The number of thiophene rings is 1. The summed E-state index contributed by atoms with van der Waals surface area (Å²) in [6.07, 6.45) is 0. The second-order valence-electron chi connectivity index (χ2n) is 41.3. The second-order valence-corrected chi connectivity index (χ2v) is 42.4. The predicted octanol–water partition coefficient (Wildman–Crippen LogP) is 38.2. The zero-order valence-corrected chi connectivity index (χ0v) is 82.3. The maximum Gasteiger partial charge on any atom is 0.0714 e. The number of hydrogen-bond acceptors (Lipinski definition) is 4. The highest BCUT2D eigenvalue weighted by Crippen LogP contribution is 2.62. The molecule has 3 nitrogen and oxygen atoms in total. The summed E-state index contributed by atoms with van der Waals surface area (Å²) < 4.78 is 2.64. The molecule has 5 aliphatic rings. The van der Waals surface area contributed by atoms with Crippen LogP contribution >= 0.6 is 11.3 Å². The van der Waals surface area contributed by atoms with Crippen molar-refractivity contribution in [3.05, 3.63) is 558 Å². The molecule has 5 aliphatic carbocycles. The van der Waals surface area contributed by atoms with Crippen molar-refractivity contribution in [2.75, 3.05) is 14.7 Å². The first-order valence-corrected chi connectivity index (χ1v) is 51.1. The average Bonchev–Trinajstić information content (AvgIpc) is 1.53. The molecule has 1 aromatic heterocycles. The zero-order valence-electron chi connectivity index (χ0n) is 81.5. The van der Waals surface area contributed by atoms with Crippen molar-refractivity contribution in [1.29, 1.82) is 0 Å². The summed E-state index contributed by atoms with van der Waals surface area (Å²) in [4.78, 5) is 7.37. The lowest BCUT2D eigenvalue weighted by Gasteiger charge is -2.35. The van der Waals surface area contributed by atoms with Gasteiger partial charge in [0, 0.05) is 82.6 Å². The van der Waals surface area contributed by atoms with E-state index < -0.39 is 5.41 Å². The lowest BCUT2D eigenvalue weighted by molar-refractivity contribution is 0.660. The summed E-state index contributed by atoms with van der Waals surface area (Å²) in [5, 5.41) is 10.5. The van der Waals surface area contributed by atoms with Crippen LogP contribution < -0.4 is 14.7 Å². The molecule has 0 N–H and O–H groups in total. The van der Waals surface area contributed by atoms with E-state index in [9.17, 15) is 0 Å². The molecule has 0 spiro atoms. The zero-order chi connectivity index (χ0) is 96.2. The van der Waals surface area contributed by atoms with Gasteiger partial charge in [-0.1, -0.05) is 413 Å². The predicted molar refractivity (Wildman–Crippen MR) is 607 cm³/mol. The maximum absolute atomic E-state index is 2.48. The van der Waals surface area contributed by atoms with Gasteiger partial charge < -0.3 is 14.7 Å². The summed E-state index contributed by atoms with van der Waals surface area (Å²) in [5.41, 5.74) is 43.9. The molecule has 4 heteroatoms. The van der Waals surface area contributed by atoms with Crippen molar-refractivity contribution in [3.8, 4) is 77.9 Å². The van der Waals surface area contributed by atoms with Gasteiger partial charge in [0.1, 0.15) is 0 Å². The Morgan fingerprint density at radius 1 is 0.175 bits per heavy atom. The lowest BCUT2D eigenvalue weighted by Crippen LogP contribution is -2.28. The summed E-state index contributed by atoms with van der Waals surface area (Å²) >= 11 is 1.88. The van der Waals surface area contributed by atoms with Gasteiger partial charge in [0.15, 0.2) is 0 Å². The van der Waals surface area contributed by atoms with E-state index in [4.69, 9.17) is 0 Å². The standard InChI is InChI=1S/C56H41N.C46H37N.C37H27NS/c1-55(2)52-36-44(31-34-49(52)50-32-29-39-19-12-13-26-46(39)54(50)55)57(43-25-16-20-40(35-43)38-17-6-3-7-18-38)45-30-33-48-47-27-14-15-28-51(47)56(53(48)37-45,41-21-8-4-9-22-41)42-23-10-5-11-24-42;1-45(2)41-17-11-10-16-37(41)38-24-22-35(28-43(38)45)47(34-20-18-31(19-21-34)30-12-6-5-7-13-30)36-23-25-39-40-26-32-14-8-9-15-33(32)27-42(40)46(3,4)44(39)29-36;1-37(2)32-22-25-12-7-6-11-24(25)21-31(32)28-20-19-27(23-33(28)37)38(26-13-4-3-5-14-26)34-17-10-16-30-29-15-8-9-18-35(29)39-36(30)34/h3-37H,1-2H3;5-29H,1-4H3;3-23H,1-2H3. The van der Waals surface area contributed by atoms with Crippen LogP contribution in [0.1, 0.15) is 122 Å². The molecule has 28 rings (SSSR count). The molecule has 0 radical (unpaired) electrons. The van der Waals surface area contributed by atoms with Gasteiger partial charge in [0.05, 0.1) is 15.8 Å². The summed E-state index contributed by atoms with van der Waals surface area (Å²) in [7, 11) is 0. The molecule has 0 saturated carbocycles. The van der Waals surface area contributed by atoms with Gasteiger partial charge in [-0.05, 0) is 310 Å². The molecule has 0 amide bonds. The molecule has 1 heterocycles. The monoisotopic (exact) mass is 1850 g/mol. The van der Waals surface area contributed by atoms with Crippen molar-refractivity contribution in [2.24, 2.45) is 0 Å². The highest BCUT2D eigenvalue weighted by atomic mass is 32.1. The fourth-order valence-electron chi connectivity index (χ4n) is 24.9. The number of benzene rings is 22. The van der Waals surface area contributed by atoms with E-state index in [1.165, 1.54) is 226 Å². The molecule has 0 unspecified atom stereocenters. The van der Waals surface area contributed by atoms with Crippen LogP contribution in [-0.4, -0.2) is 0 Å². The quantitative estimate of drug-likeness (QED) is 0.114. The van der Waals surface area contributed by atoms with E-state index in [1.54, 1.807) is 0 Å². The largest absolute Gasteiger partial charge is 0.310 e. The highest BCUT2D eigenvalue weighted by Gasteiger charge is 2.48. The van der Waals surface area contributed by atoms with Crippen molar-refractivity contribution in [3.63, 3.8) is 0 Å². The van der Waals surface area contributed by atoms with Crippen LogP contribution in [-0.2, 0) is 27.1 Å². The van der Waals surface area contributed by atoms with Gasteiger partial charge in [0.2, 0.25) is 0 Å². The van der Waals surface area contributed by atoms with E-state index >= 15 is 0 Å². The van der Waals surface area contributed by atoms with E-state index in [-0.39, 0.29) is 21.7 Å². The van der Waals surface area contributed by atoms with E-state index in [2.05, 4.69) is 561 Å². The third-order valence-electron chi connectivity index (χ3n) is 32.0. The molecular formula is C139H105N3S. The van der Waals surface area contributed by atoms with Crippen LogP contribution in [0.5, 0.6) is 0 Å². The minimum Gasteiger partial charge on any atom is -0.310 e. The van der Waals surface area contributed by atoms with Gasteiger partial charge in [-0.3, -0.25) is 0 Å². The molecule has 22 aromatic carbocycles. The molecule has 143 heavy (non-hydrogen) atoms. The Morgan fingerprint density at radius 3 is 1.06 bits per heavy atom. The Labute approximate surface area is 841 Å². The number of hydrogen-bond donors (Lipinski definition) is 0. The number of anilines is 9. The SMILES string of the molecule is CC1(C)c2cc(N(c3cccc(-c4ccccc4)c3)c3ccc4c(c3)C(c3ccccc3)(c3ccccc3)c3ccccc3-4)ccc2-c2ccc3ccccc3c21.CC1(C)c2cc(N(c3ccccc3)c3cccc4c3sc3ccccc34)ccc2-c2cc3ccccc3cc21.CC1(C)c2ccccc2-c2ccc(N(c3ccc(-c4ccccc4)cc3)c3ccc4c(c3)C(C)(C)c3cc5ccccc5cc3-4)cc21. The number of fused-ring (bicyclic) bond motifs is 22. The molecule has 682 valence electrons. The topological polar surface area (TPSA) is 9.72 Å². The average molecular weight is 1850 g/mol.